The van der Waals surface area contributed by atoms with E-state index in [4.69, 9.17) is 9.47 Å². The smallest absolute Gasteiger partial charge is 0.241 e. The highest BCUT2D eigenvalue weighted by molar-refractivity contribution is 7.89. The van der Waals surface area contributed by atoms with Crippen LogP contribution in [-0.2, 0) is 19.6 Å². The van der Waals surface area contributed by atoms with Gasteiger partial charge in [0.05, 0.1) is 25.2 Å². The van der Waals surface area contributed by atoms with Crippen LogP contribution < -0.4 is 14.8 Å². The van der Waals surface area contributed by atoms with Crippen molar-refractivity contribution in [3.63, 3.8) is 0 Å². The summed E-state index contributed by atoms with van der Waals surface area (Å²) < 4.78 is 39.1. The van der Waals surface area contributed by atoms with E-state index < -0.39 is 16.1 Å². The van der Waals surface area contributed by atoms with Gasteiger partial charge < -0.3 is 14.8 Å². The first kappa shape index (κ1) is 25.0. The first-order chi connectivity index (χ1) is 15.3. The van der Waals surface area contributed by atoms with Crippen LogP contribution in [0.1, 0.15) is 46.0 Å². The van der Waals surface area contributed by atoms with E-state index in [0.717, 1.165) is 38.8 Å². The van der Waals surface area contributed by atoms with Crippen molar-refractivity contribution in [2.75, 3.05) is 40.0 Å². The molecule has 0 unspecified atom stereocenters. The lowest BCUT2D eigenvalue weighted by Gasteiger charge is -2.48. The average molecular weight is 468 g/mol. The maximum atomic E-state index is 13.2. The fraction of sp³-hybridized carbons (Fsp3) is 0.696. The predicted molar refractivity (Wildman–Crippen MR) is 123 cm³/mol. The molecule has 2 fully saturated rings. The number of nitrogens with zero attached hydrogens (tertiary/aromatic N) is 1. The number of hydrogen-bond donors (Lipinski definition) is 2. The van der Waals surface area contributed by atoms with Gasteiger partial charge in [0, 0.05) is 25.2 Å². The number of ether oxygens (including phenoxy) is 2. The standard InChI is InChI=1S/C23H37N3O5S/c1-18(2)21(25-32(28,29)20-9-7-19(30-3)8-10-20)22(27)24-17-23(11-5-4-6-12-23)26-13-15-31-16-14-26/h7-10,18,21,25H,4-6,11-17H2,1-3H3,(H,24,27)/t21-/m1/s1. The summed E-state index contributed by atoms with van der Waals surface area (Å²) in [6.45, 7) is 7.39. The molecule has 32 heavy (non-hydrogen) atoms. The number of carbonyl (C=O) groups excluding carboxylic acids is 1. The first-order valence-corrected chi connectivity index (χ1v) is 13.0. The summed E-state index contributed by atoms with van der Waals surface area (Å²) >= 11 is 0. The van der Waals surface area contributed by atoms with Gasteiger partial charge in [0.1, 0.15) is 11.8 Å². The van der Waals surface area contributed by atoms with Crippen LogP contribution in [-0.4, -0.2) is 70.8 Å². The maximum Gasteiger partial charge on any atom is 0.241 e. The first-order valence-electron chi connectivity index (χ1n) is 11.5. The van der Waals surface area contributed by atoms with Gasteiger partial charge >= 0.3 is 0 Å². The third-order valence-corrected chi connectivity index (χ3v) is 8.12. The molecule has 1 saturated heterocycles. The van der Waals surface area contributed by atoms with E-state index in [9.17, 15) is 13.2 Å². The quantitative estimate of drug-likeness (QED) is 0.578. The second kappa shape index (κ2) is 11.0. The van der Waals surface area contributed by atoms with Gasteiger partial charge in [-0.1, -0.05) is 33.1 Å². The summed E-state index contributed by atoms with van der Waals surface area (Å²) in [5, 5.41) is 3.10. The molecule has 9 heteroatoms. The number of methoxy groups -OCH3 is 1. The molecule has 8 nitrogen and oxygen atoms in total. The highest BCUT2D eigenvalue weighted by Crippen LogP contribution is 2.34. The van der Waals surface area contributed by atoms with Crippen LogP contribution >= 0.6 is 0 Å². The van der Waals surface area contributed by atoms with Gasteiger partial charge in [-0.15, -0.1) is 0 Å². The van der Waals surface area contributed by atoms with Gasteiger partial charge in [-0.25, -0.2) is 8.42 Å². The lowest BCUT2D eigenvalue weighted by atomic mass is 9.79. The number of carbonyl (C=O) groups is 1. The van der Waals surface area contributed by atoms with E-state index in [1.807, 2.05) is 13.8 Å². The van der Waals surface area contributed by atoms with Crippen molar-refractivity contribution in [2.45, 2.75) is 62.4 Å². The van der Waals surface area contributed by atoms with Crippen molar-refractivity contribution in [1.29, 1.82) is 0 Å². The highest BCUT2D eigenvalue weighted by atomic mass is 32.2. The fourth-order valence-electron chi connectivity index (χ4n) is 4.70. The minimum Gasteiger partial charge on any atom is -0.497 e. The maximum absolute atomic E-state index is 13.2. The van der Waals surface area contributed by atoms with E-state index >= 15 is 0 Å². The summed E-state index contributed by atoms with van der Waals surface area (Å²) in [6, 6.07) is 5.28. The Hall–Kier alpha value is -1.68. The van der Waals surface area contributed by atoms with E-state index in [0.29, 0.717) is 25.5 Å². The molecule has 1 aliphatic carbocycles. The molecule has 1 aromatic rings. The van der Waals surface area contributed by atoms with E-state index in [1.54, 1.807) is 12.1 Å². The monoisotopic (exact) mass is 467 g/mol. The Morgan fingerprint density at radius 1 is 1.12 bits per heavy atom. The van der Waals surface area contributed by atoms with E-state index in [2.05, 4.69) is 14.9 Å². The van der Waals surface area contributed by atoms with Crippen molar-refractivity contribution in [1.82, 2.24) is 14.9 Å². The molecule has 1 aliphatic heterocycles. The molecular weight excluding hydrogens is 430 g/mol. The van der Waals surface area contributed by atoms with Crippen LogP contribution in [0.5, 0.6) is 5.75 Å². The van der Waals surface area contributed by atoms with Crippen LogP contribution in [0.25, 0.3) is 0 Å². The Bertz CT molecular complexity index is 845. The number of morpholine rings is 1. The normalized spacial score (nSPS) is 20.6. The van der Waals surface area contributed by atoms with Crippen LogP contribution in [0.4, 0.5) is 0 Å². The molecule has 0 bridgehead atoms. The SMILES string of the molecule is COc1ccc(S(=O)(=O)N[C@@H](C(=O)NCC2(N3CCOCC3)CCCCC2)C(C)C)cc1. The highest BCUT2D eigenvalue weighted by Gasteiger charge is 2.39. The summed E-state index contributed by atoms with van der Waals surface area (Å²) in [4.78, 5) is 15.7. The predicted octanol–water partition coefficient (Wildman–Crippen LogP) is 2.15. The third kappa shape index (κ3) is 6.01. The van der Waals surface area contributed by atoms with Gasteiger partial charge in [-0.2, -0.15) is 4.72 Å². The van der Waals surface area contributed by atoms with Crippen molar-refractivity contribution in [2.24, 2.45) is 5.92 Å². The number of nitrogens with one attached hydrogen (secondary N) is 2. The number of hydrogen-bond acceptors (Lipinski definition) is 6. The molecule has 1 amide bonds. The Morgan fingerprint density at radius 2 is 1.75 bits per heavy atom. The third-order valence-electron chi connectivity index (χ3n) is 6.66. The number of amides is 1. The van der Waals surface area contributed by atoms with Crippen LogP contribution in [0.2, 0.25) is 0 Å². The van der Waals surface area contributed by atoms with Crippen molar-refractivity contribution in [3.8, 4) is 5.75 Å². The summed E-state index contributed by atoms with van der Waals surface area (Å²) in [5.74, 6) is 0.0898. The zero-order valence-corrected chi connectivity index (χ0v) is 20.2. The van der Waals surface area contributed by atoms with E-state index in [1.165, 1.54) is 25.7 Å². The van der Waals surface area contributed by atoms with Crippen LogP contribution in [0, 0.1) is 5.92 Å². The van der Waals surface area contributed by atoms with Gasteiger partial charge in [-0.05, 0) is 43.0 Å². The molecule has 1 atom stereocenters. The van der Waals surface area contributed by atoms with Gasteiger partial charge in [0.2, 0.25) is 15.9 Å². The molecule has 2 N–H and O–H groups in total. The Kier molecular flexibility index (Phi) is 8.55. The largest absolute Gasteiger partial charge is 0.497 e. The van der Waals surface area contributed by atoms with Gasteiger partial charge in [0.25, 0.3) is 0 Å². The molecule has 180 valence electrons. The van der Waals surface area contributed by atoms with Crippen molar-refractivity contribution < 1.29 is 22.7 Å². The lowest BCUT2D eigenvalue weighted by molar-refractivity contribution is -0.125. The van der Waals surface area contributed by atoms with E-state index in [-0.39, 0.29) is 22.3 Å². The number of sulfonamides is 1. The summed E-state index contributed by atoms with van der Waals surface area (Å²) in [5.41, 5.74) is -0.0753. The van der Waals surface area contributed by atoms with Crippen LogP contribution in [0.15, 0.2) is 29.2 Å². The number of benzene rings is 1. The minimum absolute atomic E-state index is 0.0753. The lowest BCUT2D eigenvalue weighted by Crippen LogP contribution is -2.61. The Labute approximate surface area is 192 Å². The molecule has 1 saturated carbocycles. The zero-order valence-electron chi connectivity index (χ0n) is 19.4. The average Bonchev–Trinajstić information content (AvgIpc) is 2.82. The molecule has 1 heterocycles. The summed E-state index contributed by atoms with van der Waals surface area (Å²) in [6.07, 6.45) is 5.58. The zero-order chi connectivity index (χ0) is 23.2. The van der Waals surface area contributed by atoms with Crippen molar-refractivity contribution in [3.05, 3.63) is 24.3 Å². The molecular formula is C23H37N3O5S. The molecule has 3 rings (SSSR count). The summed E-state index contributed by atoms with van der Waals surface area (Å²) in [7, 11) is -2.32. The van der Waals surface area contributed by atoms with Crippen LogP contribution in [0.3, 0.4) is 0 Å². The Morgan fingerprint density at radius 3 is 2.31 bits per heavy atom. The fourth-order valence-corrected chi connectivity index (χ4v) is 6.04. The second-order valence-corrected chi connectivity index (χ2v) is 10.8. The molecule has 0 spiro atoms. The molecule has 0 radical (unpaired) electrons. The van der Waals surface area contributed by atoms with Gasteiger partial charge in [0.15, 0.2) is 0 Å². The minimum atomic E-state index is -3.85. The Balaban J connectivity index is 1.69. The topological polar surface area (TPSA) is 97.0 Å². The molecule has 0 aromatic heterocycles. The van der Waals surface area contributed by atoms with Crippen molar-refractivity contribution >= 4 is 15.9 Å². The molecule has 1 aromatic carbocycles. The second-order valence-electron chi connectivity index (χ2n) is 9.12. The van der Waals surface area contributed by atoms with Gasteiger partial charge in [-0.3, -0.25) is 9.69 Å². The molecule has 2 aliphatic rings. The number of rotatable bonds is 9.